The molecule has 1 N–H and O–H groups in total. The lowest BCUT2D eigenvalue weighted by molar-refractivity contribution is 0.410. The lowest BCUT2D eigenvalue weighted by Gasteiger charge is -2.05. The maximum atomic E-state index is 13.4. The van der Waals surface area contributed by atoms with Crippen molar-refractivity contribution in [1.29, 1.82) is 0 Å². The number of halogens is 1. The maximum Gasteiger partial charge on any atom is 0.130 e. The Balaban J connectivity index is 2.47. The van der Waals surface area contributed by atoms with E-state index in [2.05, 4.69) is 12.2 Å². The Morgan fingerprint density at radius 2 is 2.20 bits per heavy atom. The Morgan fingerprint density at radius 1 is 1.40 bits per heavy atom. The van der Waals surface area contributed by atoms with Gasteiger partial charge in [0.05, 0.1) is 7.11 Å². The maximum absolute atomic E-state index is 13.4. The number of benzene rings is 1. The topological polar surface area (TPSA) is 21.3 Å². The zero-order valence-corrected chi connectivity index (χ0v) is 9.35. The van der Waals surface area contributed by atoms with Gasteiger partial charge in [0.1, 0.15) is 11.6 Å². The third-order valence-corrected chi connectivity index (χ3v) is 2.31. The number of aryl methyl sites for hydroxylation is 1. The van der Waals surface area contributed by atoms with Gasteiger partial charge >= 0.3 is 0 Å². The number of hydrogen-bond acceptors (Lipinski definition) is 2. The Labute approximate surface area is 90.4 Å². The van der Waals surface area contributed by atoms with Gasteiger partial charge in [-0.15, -0.1) is 0 Å². The van der Waals surface area contributed by atoms with Gasteiger partial charge < -0.3 is 10.1 Å². The highest BCUT2D eigenvalue weighted by Crippen LogP contribution is 2.17. The standard InChI is InChI=1S/C12H18FNO/c1-3-14-8-4-5-10-6-7-11(15-2)9-12(10)13/h6-7,9,14H,3-5,8H2,1-2H3. The summed E-state index contributed by atoms with van der Waals surface area (Å²) in [6.45, 7) is 3.96. The molecule has 0 atom stereocenters. The molecule has 3 heteroatoms. The molecule has 0 spiro atoms. The molecular formula is C12H18FNO. The summed E-state index contributed by atoms with van der Waals surface area (Å²) in [6, 6.07) is 5.02. The van der Waals surface area contributed by atoms with E-state index in [1.54, 1.807) is 19.2 Å². The summed E-state index contributed by atoms with van der Waals surface area (Å²) < 4.78 is 18.4. The van der Waals surface area contributed by atoms with Crippen LogP contribution in [0.1, 0.15) is 18.9 Å². The minimum atomic E-state index is -0.175. The fourth-order valence-electron chi connectivity index (χ4n) is 1.44. The minimum Gasteiger partial charge on any atom is -0.497 e. The number of methoxy groups -OCH3 is 1. The molecule has 0 amide bonds. The quantitative estimate of drug-likeness (QED) is 0.729. The van der Waals surface area contributed by atoms with E-state index in [9.17, 15) is 4.39 Å². The number of nitrogens with one attached hydrogen (secondary N) is 1. The van der Waals surface area contributed by atoms with Crippen LogP contribution in [0.25, 0.3) is 0 Å². The second-order valence-corrected chi connectivity index (χ2v) is 3.41. The number of rotatable bonds is 6. The molecule has 0 saturated carbocycles. The summed E-state index contributed by atoms with van der Waals surface area (Å²) in [5, 5.41) is 3.21. The van der Waals surface area contributed by atoms with Crippen LogP contribution in [0.3, 0.4) is 0 Å². The molecular weight excluding hydrogens is 193 g/mol. The van der Waals surface area contributed by atoms with Gasteiger partial charge in [-0.05, 0) is 37.6 Å². The smallest absolute Gasteiger partial charge is 0.130 e. The molecule has 1 aromatic carbocycles. The lowest BCUT2D eigenvalue weighted by Crippen LogP contribution is -2.14. The fourth-order valence-corrected chi connectivity index (χ4v) is 1.44. The summed E-state index contributed by atoms with van der Waals surface area (Å²) in [4.78, 5) is 0. The SMILES string of the molecule is CCNCCCc1ccc(OC)cc1F. The third kappa shape index (κ3) is 3.88. The van der Waals surface area contributed by atoms with Crippen molar-refractivity contribution in [2.24, 2.45) is 0 Å². The molecule has 0 radical (unpaired) electrons. The minimum absolute atomic E-state index is 0.175. The van der Waals surface area contributed by atoms with Crippen LogP contribution in [-0.2, 0) is 6.42 Å². The molecule has 0 heterocycles. The second kappa shape index (κ2) is 6.40. The third-order valence-electron chi connectivity index (χ3n) is 2.31. The molecule has 1 rings (SSSR count). The Kier molecular flexibility index (Phi) is 5.12. The van der Waals surface area contributed by atoms with Gasteiger partial charge in [0, 0.05) is 6.07 Å². The Bertz CT molecular complexity index is 302. The normalized spacial score (nSPS) is 10.3. The second-order valence-electron chi connectivity index (χ2n) is 3.41. The van der Waals surface area contributed by atoms with E-state index in [4.69, 9.17) is 4.74 Å². The van der Waals surface area contributed by atoms with Crippen molar-refractivity contribution in [3.63, 3.8) is 0 Å². The van der Waals surface area contributed by atoms with E-state index < -0.39 is 0 Å². The van der Waals surface area contributed by atoms with Gasteiger partial charge in [0.25, 0.3) is 0 Å². The molecule has 0 saturated heterocycles. The first kappa shape index (κ1) is 12.0. The summed E-state index contributed by atoms with van der Waals surface area (Å²) in [6.07, 6.45) is 1.72. The van der Waals surface area contributed by atoms with Crippen molar-refractivity contribution in [3.8, 4) is 5.75 Å². The fraction of sp³-hybridized carbons (Fsp3) is 0.500. The van der Waals surface area contributed by atoms with Crippen molar-refractivity contribution in [1.82, 2.24) is 5.32 Å². The Morgan fingerprint density at radius 3 is 2.80 bits per heavy atom. The molecule has 0 aliphatic heterocycles. The average molecular weight is 211 g/mol. The summed E-state index contributed by atoms with van der Waals surface area (Å²) >= 11 is 0. The molecule has 0 unspecified atom stereocenters. The van der Waals surface area contributed by atoms with Crippen molar-refractivity contribution < 1.29 is 9.13 Å². The van der Waals surface area contributed by atoms with Gasteiger partial charge in [0.15, 0.2) is 0 Å². The molecule has 84 valence electrons. The highest BCUT2D eigenvalue weighted by atomic mass is 19.1. The van der Waals surface area contributed by atoms with E-state index in [0.717, 1.165) is 31.5 Å². The summed E-state index contributed by atoms with van der Waals surface area (Å²) in [5.41, 5.74) is 0.758. The monoisotopic (exact) mass is 211 g/mol. The Hall–Kier alpha value is -1.09. The molecule has 0 aliphatic carbocycles. The van der Waals surface area contributed by atoms with E-state index in [1.807, 2.05) is 0 Å². The van der Waals surface area contributed by atoms with Crippen LogP contribution < -0.4 is 10.1 Å². The van der Waals surface area contributed by atoms with Crippen LogP contribution in [0.5, 0.6) is 5.75 Å². The highest BCUT2D eigenvalue weighted by molar-refractivity contribution is 5.28. The largest absolute Gasteiger partial charge is 0.497 e. The number of hydrogen-bond donors (Lipinski definition) is 1. The van der Waals surface area contributed by atoms with Crippen molar-refractivity contribution >= 4 is 0 Å². The molecule has 0 bridgehead atoms. The lowest BCUT2D eigenvalue weighted by atomic mass is 10.1. The highest BCUT2D eigenvalue weighted by Gasteiger charge is 2.03. The van der Waals surface area contributed by atoms with E-state index in [1.165, 1.54) is 6.07 Å². The van der Waals surface area contributed by atoms with E-state index >= 15 is 0 Å². The van der Waals surface area contributed by atoms with Crippen LogP contribution in [0.15, 0.2) is 18.2 Å². The van der Waals surface area contributed by atoms with Crippen molar-refractivity contribution in [2.75, 3.05) is 20.2 Å². The molecule has 0 fully saturated rings. The van der Waals surface area contributed by atoms with Crippen LogP contribution in [0.2, 0.25) is 0 Å². The van der Waals surface area contributed by atoms with Crippen LogP contribution >= 0.6 is 0 Å². The molecule has 15 heavy (non-hydrogen) atoms. The molecule has 0 aromatic heterocycles. The van der Waals surface area contributed by atoms with Gasteiger partial charge in [0.2, 0.25) is 0 Å². The molecule has 0 aliphatic rings. The molecule has 1 aromatic rings. The molecule has 2 nitrogen and oxygen atoms in total. The predicted molar refractivity (Wildman–Crippen MR) is 59.8 cm³/mol. The van der Waals surface area contributed by atoms with Gasteiger partial charge in [-0.1, -0.05) is 13.0 Å². The summed E-state index contributed by atoms with van der Waals surface area (Å²) in [5.74, 6) is 0.397. The zero-order valence-electron chi connectivity index (χ0n) is 9.35. The van der Waals surface area contributed by atoms with Crippen LogP contribution in [-0.4, -0.2) is 20.2 Å². The predicted octanol–water partition coefficient (Wildman–Crippen LogP) is 2.38. The summed E-state index contributed by atoms with van der Waals surface area (Å²) in [7, 11) is 1.54. The van der Waals surface area contributed by atoms with E-state index in [0.29, 0.717) is 5.75 Å². The first-order chi connectivity index (χ1) is 7.27. The number of ether oxygens (including phenoxy) is 1. The van der Waals surface area contributed by atoms with Gasteiger partial charge in [-0.25, -0.2) is 4.39 Å². The first-order valence-corrected chi connectivity index (χ1v) is 5.31. The average Bonchev–Trinajstić information content (AvgIpc) is 2.26. The first-order valence-electron chi connectivity index (χ1n) is 5.31. The van der Waals surface area contributed by atoms with Crippen molar-refractivity contribution in [3.05, 3.63) is 29.6 Å². The van der Waals surface area contributed by atoms with Gasteiger partial charge in [-0.2, -0.15) is 0 Å². The van der Waals surface area contributed by atoms with E-state index in [-0.39, 0.29) is 5.82 Å². The zero-order chi connectivity index (χ0) is 11.1. The van der Waals surface area contributed by atoms with Crippen LogP contribution in [0, 0.1) is 5.82 Å². The van der Waals surface area contributed by atoms with Crippen molar-refractivity contribution in [2.45, 2.75) is 19.8 Å². The van der Waals surface area contributed by atoms with Gasteiger partial charge in [-0.3, -0.25) is 0 Å². The van der Waals surface area contributed by atoms with Crippen LogP contribution in [0.4, 0.5) is 4.39 Å².